The van der Waals surface area contributed by atoms with Crippen LogP contribution in [0.2, 0.25) is 0 Å². The summed E-state index contributed by atoms with van der Waals surface area (Å²) in [6.07, 6.45) is 32.1. The minimum atomic E-state index is -0.481. The molecule has 2 atom stereocenters. The van der Waals surface area contributed by atoms with Crippen LogP contribution in [0.4, 0.5) is 0 Å². The van der Waals surface area contributed by atoms with Gasteiger partial charge in [0.05, 0.1) is 12.2 Å². The van der Waals surface area contributed by atoms with E-state index in [0.29, 0.717) is 38.9 Å². The van der Waals surface area contributed by atoms with Crippen LogP contribution >= 0.6 is 0 Å². The number of allylic oxidation sites excluding steroid dienone is 10. The predicted molar refractivity (Wildman–Crippen MR) is 143 cm³/mol. The van der Waals surface area contributed by atoms with Gasteiger partial charge < -0.3 is 15.3 Å². The second-order valence-corrected chi connectivity index (χ2v) is 8.20. The summed E-state index contributed by atoms with van der Waals surface area (Å²) in [5, 5.41) is 30.0. The van der Waals surface area contributed by atoms with Crippen LogP contribution in [0, 0.1) is 0 Å². The summed E-state index contributed by atoms with van der Waals surface area (Å²) in [6.45, 7) is 6.03. The van der Waals surface area contributed by atoms with Crippen molar-refractivity contribution >= 4 is 0 Å². The van der Waals surface area contributed by atoms with Crippen LogP contribution in [-0.2, 0) is 0 Å². The molecule has 4 nitrogen and oxygen atoms in total. The summed E-state index contributed by atoms with van der Waals surface area (Å²) in [5.74, 6) is 0. The van der Waals surface area contributed by atoms with Crippen molar-refractivity contribution in [2.24, 2.45) is 0 Å². The Hall–Kier alpha value is -1.72. The Morgan fingerprint density at radius 3 is 1.30 bits per heavy atom. The topological polar surface area (TPSA) is 63.9 Å². The first-order chi connectivity index (χ1) is 16.1. The third-order valence-electron chi connectivity index (χ3n) is 4.95. The molecular formula is C29H49NO3. The fourth-order valence-corrected chi connectivity index (χ4v) is 3.22. The van der Waals surface area contributed by atoms with Gasteiger partial charge in [-0.05, 0) is 57.8 Å². The van der Waals surface area contributed by atoms with Crippen LogP contribution in [-0.4, -0.2) is 58.7 Å². The van der Waals surface area contributed by atoms with Crippen molar-refractivity contribution in [3.8, 4) is 0 Å². The lowest BCUT2D eigenvalue weighted by Crippen LogP contribution is -2.38. The van der Waals surface area contributed by atoms with Gasteiger partial charge in [-0.15, -0.1) is 0 Å². The Bertz CT molecular complexity index is 542. The van der Waals surface area contributed by atoms with E-state index in [9.17, 15) is 15.3 Å². The highest BCUT2D eigenvalue weighted by Gasteiger charge is 2.14. The SMILES string of the molecule is CC/C=C\C/C=C\C/C=C\CC(O)CN(CCCO)CC(O)C/C=C\C/C=C\C/C=C\CC. The lowest BCUT2D eigenvalue weighted by Gasteiger charge is -2.26. The van der Waals surface area contributed by atoms with Crippen LogP contribution in [0.15, 0.2) is 72.9 Å². The van der Waals surface area contributed by atoms with E-state index in [4.69, 9.17) is 0 Å². The molecule has 0 aliphatic carbocycles. The maximum atomic E-state index is 10.4. The van der Waals surface area contributed by atoms with Crippen molar-refractivity contribution in [3.63, 3.8) is 0 Å². The third kappa shape index (κ3) is 23.2. The fourth-order valence-electron chi connectivity index (χ4n) is 3.22. The molecular weight excluding hydrogens is 410 g/mol. The van der Waals surface area contributed by atoms with E-state index in [1.165, 1.54) is 0 Å². The molecule has 0 spiro atoms. The van der Waals surface area contributed by atoms with Crippen LogP contribution in [0.1, 0.15) is 71.6 Å². The van der Waals surface area contributed by atoms with Gasteiger partial charge in [0.15, 0.2) is 0 Å². The van der Waals surface area contributed by atoms with Crippen LogP contribution in [0.25, 0.3) is 0 Å². The Morgan fingerprint density at radius 2 is 0.939 bits per heavy atom. The zero-order valence-corrected chi connectivity index (χ0v) is 21.1. The van der Waals surface area contributed by atoms with Crippen LogP contribution in [0.5, 0.6) is 0 Å². The Labute approximate surface area is 203 Å². The number of hydrogen-bond acceptors (Lipinski definition) is 4. The molecule has 0 aliphatic rings. The molecule has 0 aromatic heterocycles. The molecule has 0 aromatic rings. The van der Waals surface area contributed by atoms with Gasteiger partial charge in [0, 0.05) is 26.2 Å². The molecule has 0 aromatic carbocycles. The minimum Gasteiger partial charge on any atom is -0.396 e. The number of hydrogen-bond donors (Lipinski definition) is 3. The second-order valence-electron chi connectivity index (χ2n) is 8.20. The number of rotatable bonds is 21. The van der Waals surface area contributed by atoms with Gasteiger partial charge in [0.25, 0.3) is 0 Å². The van der Waals surface area contributed by atoms with E-state index in [1.54, 1.807) is 0 Å². The first kappa shape index (κ1) is 31.3. The normalized spacial score (nSPS) is 15.1. The van der Waals surface area contributed by atoms with E-state index in [0.717, 1.165) is 38.5 Å². The fraction of sp³-hybridized carbons (Fsp3) is 0.586. The largest absolute Gasteiger partial charge is 0.396 e. The molecule has 33 heavy (non-hydrogen) atoms. The Morgan fingerprint density at radius 1 is 0.576 bits per heavy atom. The first-order valence-electron chi connectivity index (χ1n) is 12.7. The molecule has 2 unspecified atom stereocenters. The van der Waals surface area contributed by atoms with Crippen LogP contribution < -0.4 is 0 Å². The number of aliphatic hydroxyl groups is 3. The summed E-state index contributed by atoms with van der Waals surface area (Å²) < 4.78 is 0. The van der Waals surface area contributed by atoms with E-state index < -0.39 is 12.2 Å². The average molecular weight is 460 g/mol. The molecule has 0 amide bonds. The van der Waals surface area contributed by atoms with Gasteiger partial charge >= 0.3 is 0 Å². The van der Waals surface area contributed by atoms with E-state index in [-0.39, 0.29) is 6.61 Å². The first-order valence-corrected chi connectivity index (χ1v) is 12.7. The Balaban J connectivity index is 4.24. The van der Waals surface area contributed by atoms with Crippen molar-refractivity contribution in [1.29, 1.82) is 0 Å². The summed E-state index contributed by atoms with van der Waals surface area (Å²) >= 11 is 0. The van der Waals surface area contributed by atoms with E-state index >= 15 is 0 Å². The summed E-state index contributed by atoms with van der Waals surface area (Å²) in [6, 6.07) is 0. The molecule has 0 saturated heterocycles. The predicted octanol–water partition coefficient (Wildman–Crippen LogP) is 5.89. The maximum absolute atomic E-state index is 10.4. The monoisotopic (exact) mass is 459 g/mol. The zero-order valence-electron chi connectivity index (χ0n) is 21.1. The smallest absolute Gasteiger partial charge is 0.0701 e. The molecule has 0 fully saturated rings. The molecule has 0 aliphatic heterocycles. The van der Waals surface area contributed by atoms with Crippen molar-refractivity contribution in [2.45, 2.75) is 83.8 Å². The van der Waals surface area contributed by atoms with Gasteiger partial charge in [-0.25, -0.2) is 0 Å². The molecule has 0 radical (unpaired) electrons. The lowest BCUT2D eigenvalue weighted by atomic mass is 10.1. The van der Waals surface area contributed by atoms with Gasteiger partial charge in [0.1, 0.15) is 0 Å². The summed E-state index contributed by atoms with van der Waals surface area (Å²) in [7, 11) is 0. The standard InChI is InChI=1S/C29H49NO3/c1-3-5-7-9-11-13-15-17-19-22-28(32)26-30(24-21-25-31)27-29(33)23-20-18-16-14-12-10-8-6-4-2/h5-8,11-14,17-20,28-29,31-33H,3-4,9-10,15-16,21-27H2,1-2H3/b7-5-,8-6-,13-11-,14-12-,19-17-,20-18-. The Kier molecular flexibility index (Phi) is 23.6. The quantitative estimate of drug-likeness (QED) is 0.187. The molecule has 3 N–H and O–H groups in total. The lowest BCUT2D eigenvalue weighted by molar-refractivity contribution is 0.0678. The molecule has 0 saturated carbocycles. The average Bonchev–Trinajstić information content (AvgIpc) is 2.80. The highest BCUT2D eigenvalue weighted by Crippen LogP contribution is 2.05. The molecule has 0 heterocycles. The van der Waals surface area contributed by atoms with Gasteiger partial charge in [-0.3, -0.25) is 4.90 Å². The highest BCUT2D eigenvalue weighted by molar-refractivity contribution is 4.98. The van der Waals surface area contributed by atoms with Crippen molar-refractivity contribution in [1.82, 2.24) is 4.90 Å². The van der Waals surface area contributed by atoms with Crippen molar-refractivity contribution in [3.05, 3.63) is 72.9 Å². The minimum absolute atomic E-state index is 0.113. The molecule has 0 rings (SSSR count). The van der Waals surface area contributed by atoms with Gasteiger partial charge in [-0.2, -0.15) is 0 Å². The second kappa shape index (κ2) is 24.9. The van der Waals surface area contributed by atoms with Crippen molar-refractivity contribution in [2.75, 3.05) is 26.2 Å². The molecule has 188 valence electrons. The highest BCUT2D eigenvalue weighted by atomic mass is 16.3. The summed E-state index contributed by atoms with van der Waals surface area (Å²) in [5.41, 5.74) is 0. The zero-order chi connectivity index (χ0) is 24.4. The van der Waals surface area contributed by atoms with Gasteiger partial charge in [0.2, 0.25) is 0 Å². The van der Waals surface area contributed by atoms with Gasteiger partial charge in [-0.1, -0.05) is 86.8 Å². The van der Waals surface area contributed by atoms with Crippen molar-refractivity contribution < 1.29 is 15.3 Å². The number of aliphatic hydroxyl groups excluding tert-OH is 3. The number of nitrogens with zero attached hydrogens (tertiary/aromatic N) is 1. The summed E-state index contributed by atoms with van der Waals surface area (Å²) in [4.78, 5) is 2.05. The van der Waals surface area contributed by atoms with E-state index in [2.05, 4.69) is 74.6 Å². The molecule has 0 bridgehead atoms. The maximum Gasteiger partial charge on any atom is 0.0701 e. The van der Waals surface area contributed by atoms with Crippen LogP contribution in [0.3, 0.4) is 0 Å². The molecule has 4 heteroatoms. The van der Waals surface area contributed by atoms with E-state index in [1.807, 2.05) is 17.1 Å². The third-order valence-corrected chi connectivity index (χ3v) is 4.95.